The third-order valence-electron chi connectivity index (χ3n) is 5.11. The van der Waals surface area contributed by atoms with E-state index in [0.717, 1.165) is 39.0 Å². The molecule has 8 nitrogen and oxygen atoms in total. The van der Waals surface area contributed by atoms with Gasteiger partial charge in [-0.25, -0.2) is 0 Å². The number of nitrogens with one attached hydrogen (secondary N) is 1. The molecule has 2 atom stereocenters. The Bertz CT molecular complexity index is 590. The number of piperidine rings is 2. The highest BCUT2D eigenvalue weighted by Crippen LogP contribution is 2.33. The standard InChI is InChI=1S/C17H27N5O3/c1-18-7-9-22-13-6-8-21(11-12(13)4-5-16(22)23)17-19-14(24-2)10-15(20-17)25-3/h10,12-13,18H,4-9,11H2,1-3H3/t12-,13+/m0/s1. The SMILES string of the molecule is CNCCN1C(=O)CC[C@H]2CN(c3nc(OC)cc(OC)n3)CC[C@H]21. The molecule has 25 heavy (non-hydrogen) atoms. The van der Waals surface area contributed by atoms with Crippen LogP contribution in [0, 0.1) is 5.92 Å². The topological polar surface area (TPSA) is 79.8 Å². The smallest absolute Gasteiger partial charge is 0.231 e. The number of aromatic nitrogens is 2. The minimum absolute atomic E-state index is 0.282. The number of anilines is 1. The number of carbonyl (C=O) groups is 1. The zero-order valence-electron chi connectivity index (χ0n) is 15.2. The fourth-order valence-corrected chi connectivity index (χ4v) is 3.80. The first-order chi connectivity index (χ1) is 12.2. The van der Waals surface area contributed by atoms with Crippen LogP contribution in [0.2, 0.25) is 0 Å². The summed E-state index contributed by atoms with van der Waals surface area (Å²) >= 11 is 0. The van der Waals surface area contributed by atoms with Crippen LogP contribution in [0.3, 0.4) is 0 Å². The normalized spacial score (nSPS) is 23.4. The summed E-state index contributed by atoms with van der Waals surface area (Å²) in [4.78, 5) is 25.5. The van der Waals surface area contributed by atoms with E-state index < -0.39 is 0 Å². The van der Waals surface area contributed by atoms with Gasteiger partial charge in [-0.1, -0.05) is 0 Å². The summed E-state index contributed by atoms with van der Waals surface area (Å²) in [6.07, 6.45) is 2.49. The molecular weight excluding hydrogens is 322 g/mol. The third-order valence-corrected chi connectivity index (χ3v) is 5.11. The van der Waals surface area contributed by atoms with Gasteiger partial charge in [0.05, 0.1) is 20.3 Å². The first kappa shape index (κ1) is 17.7. The summed E-state index contributed by atoms with van der Waals surface area (Å²) in [7, 11) is 5.09. The molecule has 2 aliphatic rings. The van der Waals surface area contributed by atoms with Gasteiger partial charge in [-0.3, -0.25) is 4.79 Å². The molecule has 3 heterocycles. The fourth-order valence-electron chi connectivity index (χ4n) is 3.80. The summed E-state index contributed by atoms with van der Waals surface area (Å²) in [6, 6.07) is 1.99. The minimum Gasteiger partial charge on any atom is -0.481 e. The number of likely N-dealkylation sites (N-methyl/N-ethyl adjacent to an activating group) is 1. The summed E-state index contributed by atoms with van der Waals surface area (Å²) in [5.41, 5.74) is 0. The van der Waals surface area contributed by atoms with Crippen LogP contribution in [-0.2, 0) is 4.79 Å². The lowest BCUT2D eigenvalue weighted by molar-refractivity contribution is -0.139. The number of hydrogen-bond donors (Lipinski definition) is 1. The molecule has 0 aliphatic carbocycles. The lowest BCUT2D eigenvalue weighted by atomic mass is 9.83. The second-order valence-electron chi connectivity index (χ2n) is 6.54. The second-order valence-corrected chi connectivity index (χ2v) is 6.54. The van der Waals surface area contributed by atoms with Gasteiger partial charge in [0.15, 0.2) is 0 Å². The van der Waals surface area contributed by atoms with Gasteiger partial charge >= 0.3 is 0 Å². The van der Waals surface area contributed by atoms with Crippen LogP contribution in [0.25, 0.3) is 0 Å². The van der Waals surface area contributed by atoms with E-state index in [9.17, 15) is 4.79 Å². The van der Waals surface area contributed by atoms with Gasteiger partial charge in [0.25, 0.3) is 0 Å². The first-order valence-electron chi connectivity index (χ1n) is 8.82. The Morgan fingerprint density at radius 2 is 1.96 bits per heavy atom. The van der Waals surface area contributed by atoms with E-state index in [0.29, 0.717) is 36.1 Å². The molecule has 0 aromatic carbocycles. The van der Waals surface area contributed by atoms with Gasteiger partial charge in [-0.05, 0) is 25.8 Å². The monoisotopic (exact) mass is 349 g/mol. The van der Waals surface area contributed by atoms with E-state index in [-0.39, 0.29) is 5.91 Å². The van der Waals surface area contributed by atoms with Gasteiger partial charge in [-0.15, -0.1) is 0 Å². The second kappa shape index (κ2) is 7.86. The van der Waals surface area contributed by atoms with Crippen LogP contribution >= 0.6 is 0 Å². The van der Waals surface area contributed by atoms with Crippen molar-refractivity contribution >= 4 is 11.9 Å². The highest BCUT2D eigenvalue weighted by Gasteiger charge is 2.39. The number of amides is 1. The Morgan fingerprint density at radius 1 is 1.24 bits per heavy atom. The van der Waals surface area contributed by atoms with Crippen molar-refractivity contribution in [2.24, 2.45) is 5.92 Å². The van der Waals surface area contributed by atoms with Gasteiger partial charge in [0.2, 0.25) is 23.6 Å². The highest BCUT2D eigenvalue weighted by molar-refractivity contribution is 5.77. The maximum Gasteiger partial charge on any atom is 0.231 e. The van der Waals surface area contributed by atoms with E-state index in [1.54, 1.807) is 20.3 Å². The summed E-state index contributed by atoms with van der Waals surface area (Å²) in [5, 5.41) is 3.14. The quantitative estimate of drug-likeness (QED) is 0.802. The van der Waals surface area contributed by atoms with Crippen molar-refractivity contribution < 1.29 is 14.3 Å². The molecule has 8 heteroatoms. The number of ether oxygens (including phenoxy) is 2. The highest BCUT2D eigenvalue weighted by atomic mass is 16.5. The average Bonchev–Trinajstić information content (AvgIpc) is 2.66. The van der Waals surface area contributed by atoms with Crippen LogP contribution in [-0.4, -0.2) is 74.3 Å². The Labute approximate surface area is 148 Å². The van der Waals surface area contributed by atoms with Gasteiger partial charge in [0.1, 0.15) is 0 Å². The van der Waals surface area contributed by atoms with Crippen molar-refractivity contribution in [1.82, 2.24) is 20.2 Å². The molecule has 1 N–H and O–H groups in total. The first-order valence-corrected chi connectivity index (χ1v) is 8.82. The summed E-state index contributed by atoms with van der Waals surface area (Å²) < 4.78 is 10.5. The molecule has 0 unspecified atom stereocenters. The molecule has 0 bridgehead atoms. The largest absolute Gasteiger partial charge is 0.481 e. The van der Waals surface area contributed by atoms with Gasteiger partial charge in [0, 0.05) is 38.6 Å². The average molecular weight is 349 g/mol. The van der Waals surface area contributed by atoms with Crippen molar-refractivity contribution in [2.75, 3.05) is 52.3 Å². The predicted molar refractivity (Wildman–Crippen MR) is 94.1 cm³/mol. The molecule has 0 saturated carbocycles. The number of rotatable bonds is 6. The van der Waals surface area contributed by atoms with E-state index in [4.69, 9.17) is 9.47 Å². The number of fused-ring (bicyclic) bond motifs is 1. The van der Waals surface area contributed by atoms with Crippen molar-refractivity contribution in [3.8, 4) is 11.8 Å². The summed E-state index contributed by atoms with van der Waals surface area (Å²) in [6.45, 7) is 3.28. The van der Waals surface area contributed by atoms with Crippen molar-refractivity contribution in [2.45, 2.75) is 25.3 Å². The van der Waals surface area contributed by atoms with Gasteiger partial charge < -0.3 is 24.6 Å². The molecule has 2 saturated heterocycles. The lowest BCUT2D eigenvalue weighted by Gasteiger charge is -2.47. The van der Waals surface area contributed by atoms with Crippen LogP contribution in [0.4, 0.5) is 5.95 Å². The molecule has 1 aromatic rings. The number of carbonyl (C=O) groups excluding carboxylic acids is 1. The van der Waals surface area contributed by atoms with Crippen LogP contribution in [0.5, 0.6) is 11.8 Å². The summed E-state index contributed by atoms with van der Waals surface area (Å²) in [5.74, 6) is 2.36. The molecule has 1 aromatic heterocycles. The van der Waals surface area contributed by atoms with E-state index in [1.807, 2.05) is 7.05 Å². The van der Waals surface area contributed by atoms with Crippen LogP contribution in [0.1, 0.15) is 19.3 Å². The minimum atomic E-state index is 0.282. The molecule has 2 aliphatic heterocycles. The molecular formula is C17H27N5O3. The Kier molecular flexibility index (Phi) is 5.57. The molecule has 2 fully saturated rings. The number of methoxy groups -OCH3 is 2. The number of hydrogen-bond acceptors (Lipinski definition) is 7. The Morgan fingerprint density at radius 3 is 2.60 bits per heavy atom. The molecule has 0 spiro atoms. The number of likely N-dealkylation sites (tertiary alicyclic amines) is 1. The predicted octanol–water partition coefficient (Wildman–Crippen LogP) is 0.531. The maximum atomic E-state index is 12.3. The molecule has 138 valence electrons. The third kappa shape index (κ3) is 3.78. The Hall–Kier alpha value is -2.09. The van der Waals surface area contributed by atoms with Crippen LogP contribution in [0.15, 0.2) is 6.07 Å². The fraction of sp³-hybridized carbons (Fsp3) is 0.706. The number of nitrogens with zero attached hydrogens (tertiary/aromatic N) is 4. The van der Waals surface area contributed by atoms with Crippen molar-refractivity contribution in [3.05, 3.63) is 6.07 Å². The zero-order valence-corrected chi connectivity index (χ0v) is 15.2. The van der Waals surface area contributed by atoms with Crippen molar-refractivity contribution in [3.63, 3.8) is 0 Å². The molecule has 3 rings (SSSR count). The van der Waals surface area contributed by atoms with E-state index >= 15 is 0 Å². The van der Waals surface area contributed by atoms with E-state index in [1.165, 1.54) is 0 Å². The zero-order chi connectivity index (χ0) is 17.8. The molecule has 1 amide bonds. The Balaban J connectivity index is 1.74. The van der Waals surface area contributed by atoms with E-state index in [2.05, 4.69) is 25.1 Å². The molecule has 0 radical (unpaired) electrons. The maximum absolute atomic E-state index is 12.3. The van der Waals surface area contributed by atoms with Crippen LogP contribution < -0.4 is 19.7 Å². The lowest BCUT2D eigenvalue weighted by Crippen LogP contribution is -2.57. The van der Waals surface area contributed by atoms with Crippen molar-refractivity contribution in [1.29, 1.82) is 0 Å². The van der Waals surface area contributed by atoms with Gasteiger partial charge in [-0.2, -0.15) is 9.97 Å².